The molecule has 0 saturated carbocycles. The van der Waals surface area contributed by atoms with Gasteiger partial charge in [-0.15, -0.1) is 0 Å². The van der Waals surface area contributed by atoms with Gasteiger partial charge in [0.05, 0.1) is 6.61 Å². The predicted molar refractivity (Wildman–Crippen MR) is 87.8 cm³/mol. The Balaban J connectivity index is 2.96. The fourth-order valence-corrected chi connectivity index (χ4v) is 5.23. The van der Waals surface area contributed by atoms with Crippen LogP contribution in [0.3, 0.4) is 0 Å². The highest BCUT2D eigenvalue weighted by Gasteiger charge is 2.27. The first-order chi connectivity index (χ1) is 9.56. The Morgan fingerprint density at radius 2 is 1.95 bits per heavy atom. The van der Waals surface area contributed by atoms with Crippen molar-refractivity contribution in [3.8, 4) is 5.75 Å². The van der Waals surface area contributed by atoms with Crippen LogP contribution in [0.5, 0.6) is 5.75 Å². The van der Waals surface area contributed by atoms with Crippen LogP contribution < -0.4 is 4.52 Å². The van der Waals surface area contributed by atoms with Crippen LogP contribution in [0.1, 0.15) is 52.0 Å². The van der Waals surface area contributed by atoms with Gasteiger partial charge in [0, 0.05) is 5.75 Å². The van der Waals surface area contributed by atoms with Crippen LogP contribution in [0.25, 0.3) is 0 Å². The van der Waals surface area contributed by atoms with Gasteiger partial charge in [-0.1, -0.05) is 39.0 Å². The first kappa shape index (κ1) is 17.6. The molecule has 3 nitrogen and oxygen atoms in total. The van der Waals surface area contributed by atoms with Gasteiger partial charge < -0.3 is 4.52 Å². The Bertz CT molecular complexity index is 450. The molecule has 2 unspecified atom stereocenters. The fourth-order valence-electron chi connectivity index (χ4n) is 1.76. The predicted octanol–water partition coefficient (Wildman–Crippen LogP) is 5.87. The van der Waals surface area contributed by atoms with Crippen molar-refractivity contribution in [2.45, 2.75) is 46.5 Å². The zero-order valence-electron chi connectivity index (χ0n) is 12.8. The fraction of sp³-hybridized carbons (Fsp3) is 0.600. The second kappa shape index (κ2) is 8.76. The molecular formula is C15H25O3PS. The quantitative estimate of drug-likeness (QED) is 0.534. The standard InChI is InChI=1S/C15H25O3PS/c1-5-12-20-19(16,17-7-3)18-15-11-9-8-10-14(15)13(4)6-2/h8-11,13H,5-7,12H2,1-4H3. The molecule has 1 aromatic carbocycles. The van der Waals surface area contributed by atoms with Gasteiger partial charge in [0.25, 0.3) is 0 Å². The van der Waals surface area contributed by atoms with Gasteiger partial charge in [-0.3, -0.25) is 4.52 Å². The van der Waals surface area contributed by atoms with Crippen molar-refractivity contribution < 1.29 is 13.6 Å². The van der Waals surface area contributed by atoms with E-state index in [-0.39, 0.29) is 0 Å². The summed E-state index contributed by atoms with van der Waals surface area (Å²) in [5.41, 5.74) is 1.09. The van der Waals surface area contributed by atoms with E-state index < -0.39 is 6.80 Å². The SMILES string of the molecule is CCCSP(=O)(OCC)Oc1ccccc1C(C)CC. The van der Waals surface area contributed by atoms with E-state index in [0.29, 0.717) is 18.3 Å². The first-order valence-corrected chi connectivity index (χ1v) is 10.4. The molecule has 0 heterocycles. The number of hydrogen-bond acceptors (Lipinski definition) is 4. The zero-order chi connectivity index (χ0) is 15.0. The average molecular weight is 316 g/mol. The van der Waals surface area contributed by atoms with Gasteiger partial charge >= 0.3 is 6.80 Å². The lowest BCUT2D eigenvalue weighted by molar-refractivity contribution is 0.295. The van der Waals surface area contributed by atoms with E-state index in [2.05, 4.69) is 20.8 Å². The second-order valence-electron chi connectivity index (χ2n) is 4.64. The summed E-state index contributed by atoms with van der Waals surface area (Å²) >= 11 is 1.28. The number of benzene rings is 1. The van der Waals surface area contributed by atoms with Crippen molar-refractivity contribution >= 4 is 18.2 Å². The molecule has 0 radical (unpaired) electrons. The first-order valence-electron chi connectivity index (χ1n) is 7.23. The minimum absolute atomic E-state index is 0.373. The van der Waals surface area contributed by atoms with Crippen LogP contribution in [-0.2, 0) is 9.09 Å². The minimum atomic E-state index is -3.12. The smallest absolute Gasteiger partial charge is 0.417 e. The molecule has 0 bridgehead atoms. The third-order valence-corrected chi connectivity index (χ3v) is 6.95. The molecule has 0 saturated heterocycles. The second-order valence-corrected chi connectivity index (χ2v) is 8.75. The van der Waals surface area contributed by atoms with E-state index in [0.717, 1.165) is 24.2 Å². The molecule has 0 N–H and O–H groups in total. The Kier molecular flexibility index (Phi) is 7.71. The van der Waals surface area contributed by atoms with Gasteiger partial charge in [0.1, 0.15) is 5.75 Å². The van der Waals surface area contributed by atoms with Gasteiger partial charge in [0.15, 0.2) is 0 Å². The number of para-hydroxylation sites is 1. The molecule has 5 heteroatoms. The van der Waals surface area contributed by atoms with Crippen LogP contribution in [0.15, 0.2) is 24.3 Å². The highest BCUT2D eigenvalue weighted by molar-refractivity contribution is 8.55. The molecular weight excluding hydrogens is 291 g/mol. The molecule has 1 aromatic rings. The summed E-state index contributed by atoms with van der Waals surface area (Å²) in [6.45, 7) is 5.44. The van der Waals surface area contributed by atoms with Crippen LogP contribution in [0.2, 0.25) is 0 Å². The summed E-state index contributed by atoms with van der Waals surface area (Å²) < 4.78 is 23.9. The van der Waals surface area contributed by atoms with Crippen LogP contribution in [0, 0.1) is 0 Å². The van der Waals surface area contributed by atoms with Crippen LogP contribution in [0.4, 0.5) is 0 Å². The minimum Gasteiger partial charge on any atom is -0.417 e. The normalized spacial score (nSPS) is 15.6. The molecule has 0 spiro atoms. The molecule has 20 heavy (non-hydrogen) atoms. The number of hydrogen-bond donors (Lipinski definition) is 0. The monoisotopic (exact) mass is 316 g/mol. The zero-order valence-corrected chi connectivity index (χ0v) is 14.5. The maximum atomic E-state index is 12.7. The highest BCUT2D eigenvalue weighted by atomic mass is 32.7. The Morgan fingerprint density at radius 3 is 2.55 bits per heavy atom. The van der Waals surface area contributed by atoms with E-state index in [1.807, 2.05) is 31.2 Å². The number of rotatable bonds is 9. The lowest BCUT2D eigenvalue weighted by Gasteiger charge is -2.21. The lowest BCUT2D eigenvalue weighted by Crippen LogP contribution is -2.00. The van der Waals surface area contributed by atoms with E-state index >= 15 is 0 Å². The Hall–Kier alpha value is -0.440. The molecule has 114 valence electrons. The molecule has 1 rings (SSSR count). The molecule has 0 aromatic heterocycles. The maximum absolute atomic E-state index is 12.7. The molecule has 0 aliphatic carbocycles. The maximum Gasteiger partial charge on any atom is 0.440 e. The third-order valence-electron chi connectivity index (χ3n) is 3.01. The van der Waals surface area contributed by atoms with Gasteiger partial charge in [-0.25, -0.2) is 4.57 Å². The van der Waals surface area contributed by atoms with E-state index in [4.69, 9.17) is 9.05 Å². The molecule has 0 amide bonds. The molecule has 0 aliphatic heterocycles. The van der Waals surface area contributed by atoms with Crippen LogP contribution >= 0.6 is 18.2 Å². The van der Waals surface area contributed by atoms with E-state index in [1.165, 1.54) is 11.4 Å². The topological polar surface area (TPSA) is 35.5 Å². The van der Waals surface area contributed by atoms with Crippen molar-refractivity contribution in [1.82, 2.24) is 0 Å². The van der Waals surface area contributed by atoms with Gasteiger partial charge in [0.2, 0.25) is 0 Å². The van der Waals surface area contributed by atoms with Crippen LogP contribution in [-0.4, -0.2) is 12.4 Å². The summed E-state index contributed by atoms with van der Waals surface area (Å²) in [6.07, 6.45) is 1.96. The van der Waals surface area contributed by atoms with Gasteiger partial charge in [-0.2, -0.15) is 0 Å². The molecule has 0 fully saturated rings. The van der Waals surface area contributed by atoms with Crippen molar-refractivity contribution in [1.29, 1.82) is 0 Å². The molecule has 2 atom stereocenters. The summed E-state index contributed by atoms with van der Waals surface area (Å²) in [5, 5.41) is 0. The van der Waals surface area contributed by atoms with E-state index in [1.54, 1.807) is 0 Å². The molecule has 0 aliphatic rings. The Morgan fingerprint density at radius 1 is 1.25 bits per heavy atom. The summed E-state index contributed by atoms with van der Waals surface area (Å²) in [5.74, 6) is 1.82. The largest absolute Gasteiger partial charge is 0.440 e. The van der Waals surface area contributed by atoms with Crippen molar-refractivity contribution in [3.05, 3.63) is 29.8 Å². The summed E-state index contributed by atoms with van der Waals surface area (Å²) in [4.78, 5) is 0. The third kappa shape index (κ3) is 5.16. The van der Waals surface area contributed by atoms with Crippen molar-refractivity contribution in [3.63, 3.8) is 0 Å². The summed E-state index contributed by atoms with van der Waals surface area (Å²) in [6, 6.07) is 7.80. The van der Waals surface area contributed by atoms with Gasteiger partial charge in [-0.05, 0) is 48.7 Å². The van der Waals surface area contributed by atoms with Crippen molar-refractivity contribution in [2.24, 2.45) is 0 Å². The highest BCUT2D eigenvalue weighted by Crippen LogP contribution is 2.60. The lowest BCUT2D eigenvalue weighted by atomic mass is 9.98. The average Bonchev–Trinajstić information content (AvgIpc) is 2.45. The Labute approximate surface area is 126 Å². The van der Waals surface area contributed by atoms with E-state index in [9.17, 15) is 4.57 Å². The van der Waals surface area contributed by atoms with Crippen molar-refractivity contribution in [2.75, 3.05) is 12.4 Å². The summed E-state index contributed by atoms with van der Waals surface area (Å²) in [7, 11) is 0.